The lowest BCUT2D eigenvalue weighted by Crippen LogP contribution is -2.07. The van der Waals surface area contributed by atoms with Crippen LogP contribution in [0.4, 0.5) is 8.78 Å². The number of carbonyl (C=O) groups excluding carboxylic acids is 1. The zero-order chi connectivity index (χ0) is 11.4. The quantitative estimate of drug-likeness (QED) is 0.439. The Balaban J connectivity index is 3.18. The fourth-order valence-electron chi connectivity index (χ4n) is 0.942. The molecule has 0 aromatic heterocycles. The Morgan fingerprint density at radius 2 is 1.87 bits per heavy atom. The summed E-state index contributed by atoms with van der Waals surface area (Å²) in [7, 11) is 1.14. The SMILES string of the molecule is C=CC(=O)Oc1c(F)ccc(F)c1OC. The van der Waals surface area contributed by atoms with Crippen molar-refractivity contribution in [2.24, 2.45) is 0 Å². The molecule has 80 valence electrons. The van der Waals surface area contributed by atoms with Crippen LogP contribution in [0.2, 0.25) is 0 Å². The minimum atomic E-state index is -0.891. The van der Waals surface area contributed by atoms with Crippen molar-refractivity contribution in [3.05, 3.63) is 36.4 Å². The number of hydrogen-bond acceptors (Lipinski definition) is 3. The van der Waals surface area contributed by atoms with E-state index < -0.39 is 29.1 Å². The minimum Gasteiger partial charge on any atom is -0.490 e. The van der Waals surface area contributed by atoms with E-state index in [0.717, 1.165) is 25.3 Å². The number of esters is 1. The number of methoxy groups -OCH3 is 1. The molecule has 0 N–H and O–H groups in total. The van der Waals surface area contributed by atoms with Crippen molar-refractivity contribution < 1.29 is 23.0 Å². The van der Waals surface area contributed by atoms with E-state index in [1.807, 2.05) is 0 Å². The predicted octanol–water partition coefficient (Wildman–Crippen LogP) is 2.06. The molecule has 0 spiro atoms. The maximum Gasteiger partial charge on any atom is 0.335 e. The van der Waals surface area contributed by atoms with Crippen LogP contribution in [0, 0.1) is 11.6 Å². The van der Waals surface area contributed by atoms with E-state index >= 15 is 0 Å². The molecule has 0 unspecified atom stereocenters. The Morgan fingerprint density at radius 3 is 2.33 bits per heavy atom. The summed E-state index contributed by atoms with van der Waals surface area (Å²) in [6.45, 7) is 3.13. The summed E-state index contributed by atoms with van der Waals surface area (Å²) in [6.07, 6.45) is 0.837. The van der Waals surface area contributed by atoms with Gasteiger partial charge in [-0.1, -0.05) is 6.58 Å². The molecule has 0 fully saturated rings. The summed E-state index contributed by atoms with van der Waals surface area (Å²) < 4.78 is 35.3. The van der Waals surface area contributed by atoms with Crippen molar-refractivity contribution in [3.63, 3.8) is 0 Å². The van der Waals surface area contributed by atoms with Gasteiger partial charge in [0.05, 0.1) is 7.11 Å². The highest BCUT2D eigenvalue weighted by Crippen LogP contribution is 2.32. The maximum absolute atomic E-state index is 13.2. The van der Waals surface area contributed by atoms with Crippen LogP contribution in [-0.4, -0.2) is 13.1 Å². The van der Waals surface area contributed by atoms with Gasteiger partial charge < -0.3 is 9.47 Å². The second kappa shape index (κ2) is 4.54. The second-order valence-electron chi connectivity index (χ2n) is 2.52. The third-order valence-electron chi connectivity index (χ3n) is 1.59. The smallest absolute Gasteiger partial charge is 0.335 e. The van der Waals surface area contributed by atoms with Gasteiger partial charge in [-0.3, -0.25) is 0 Å². The summed E-state index contributed by atoms with van der Waals surface area (Å²) in [5.74, 6) is -3.63. The molecule has 0 atom stereocenters. The monoisotopic (exact) mass is 214 g/mol. The summed E-state index contributed by atoms with van der Waals surface area (Å²) in [5, 5.41) is 0. The fraction of sp³-hybridized carbons (Fsp3) is 0.100. The second-order valence-corrected chi connectivity index (χ2v) is 2.52. The van der Waals surface area contributed by atoms with E-state index in [2.05, 4.69) is 16.1 Å². The molecule has 0 saturated heterocycles. The summed E-state index contributed by atoms with van der Waals surface area (Å²) in [6, 6.07) is 1.71. The Hall–Kier alpha value is -1.91. The van der Waals surface area contributed by atoms with Crippen LogP contribution in [0.5, 0.6) is 11.5 Å². The number of benzene rings is 1. The van der Waals surface area contributed by atoms with Crippen LogP contribution in [0.3, 0.4) is 0 Å². The van der Waals surface area contributed by atoms with Gasteiger partial charge in [0.15, 0.2) is 11.6 Å². The predicted molar refractivity (Wildman–Crippen MR) is 48.7 cm³/mol. The van der Waals surface area contributed by atoms with E-state index in [0.29, 0.717) is 0 Å². The highest BCUT2D eigenvalue weighted by molar-refractivity contribution is 5.83. The first kappa shape index (κ1) is 11.2. The van der Waals surface area contributed by atoms with Crippen molar-refractivity contribution in [3.8, 4) is 11.5 Å². The molecule has 1 rings (SSSR count). The molecule has 0 aliphatic heterocycles. The average molecular weight is 214 g/mol. The minimum absolute atomic E-state index is 0.454. The molecule has 15 heavy (non-hydrogen) atoms. The lowest BCUT2D eigenvalue weighted by atomic mass is 10.3. The molecule has 0 aliphatic rings. The zero-order valence-corrected chi connectivity index (χ0v) is 7.92. The van der Waals surface area contributed by atoms with Crippen LogP contribution >= 0.6 is 0 Å². The van der Waals surface area contributed by atoms with Gasteiger partial charge in [0.2, 0.25) is 11.5 Å². The summed E-state index contributed by atoms with van der Waals surface area (Å²) >= 11 is 0. The van der Waals surface area contributed by atoms with Gasteiger partial charge in [-0.25, -0.2) is 13.6 Å². The van der Waals surface area contributed by atoms with Crippen LogP contribution in [0.15, 0.2) is 24.8 Å². The molecule has 1 aromatic carbocycles. The zero-order valence-electron chi connectivity index (χ0n) is 7.92. The van der Waals surface area contributed by atoms with Crippen molar-refractivity contribution in [2.45, 2.75) is 0 Å². The molecule has 0 amide bonds. The Morgan fingerprint density at radius 1 is 1.33 bits per heavy atom. The van der Waals surface area contributed by atoms with E-state index in [-0.39, 0.29) is 0 Å². The largest absolute Gasteiger partial charge is 0.490 e. The fourth-order valence-corrected chi connectivity index (χ4v) is 0.942. The number of halogens is 2. The van der Waals surface area contributed by atoms with Gasteiger partial charge in [-0.2, -0.15) is 0 Å². The van der Waals surface area contributed by atoms with Crippen molar-refractivity contribution in [1.82, 2.24) is 0 Å². The summed E-state index contributed by atoms with van der Waals surface area (Å²) in [5.41, 5.74) is 0. The number of carbonyl (C=O) groups is 1. The van der Waals surface area contributed by atoms with Crippen LogP contribution in [-0.2, 0) is 4.79 Å². The molecule has 5 heteroatoms. The van der Waals surface area contributed by atoms with Crippen molar-refractivity contribution in [1.29, 1.82) is 0 Å². The van der Waals surface area contributed by atoms with E-state index in [9.17, 15) is 13.6 Å². The van der Waals surface area contributed by atoms with Crippen LogP contribution in [0.1, 0.15) is 0 Å². The molecule has 0 radical (unpaired) electrons. The molecule has 0 bridgehead atoms. The highest BCUT2D eigenvalue weighted by atomic mass is 19.1. The Kier molecular flexibility index (Phi) is 3.38. The maximum atomic E-state index is 13.2. The molecule has 0 saturated carbocycles. The third-order valence-corrected chi connectivity index (χ3v) is 1.59. The van der Waals surface area contributed by atoms with E-state index in [4.69, 9.17) is 0 Å². The molecule has 3 nitrogen and oxygen atoms in total. The molecule has 1 aromatic rings. The molecule has 0 heterocycles. The van der Waals surface area contributed by atoms with Gasteiger partial charge in [-0.15, -0.1) is 0 Å². The van der Waals surface area contributed by atoms with Gasteiger partial charge >= 0.3 is 5.97 Å². The van der Waals surface area contributed by atoms with Gasteiger partial charge in [0.25, 0.3) is 0 Å². The van der Waals surface area contributed by atoms with E-state index in [1.54, 1.807) is 0 Å². The van der Waals surface area contributed by atoms with Gasteiger partial charge in [0, 0.05) is 6.08 Å². The van der Waals surface area contributed by atoms with Crippen LogP contribution < -0.4 is 9.47 Å². The lowest BCUT2D eigenvalue weighted by molar-refractivity contribution is -0.129. The molecular weight excluding hydrogens is 206 g/mol. The Bertz CT molecular complexity index is 402. The normalized spacial score (nSPS) is 9.53. The van der Waals surface area contributed by atoms with Crippen LogP contribution in [0.25, 0.3) is 0 Å². The third kappa shape index (κ3) is 2.31. The van der Waals surface area contributed by atoms with Crippen molar-refractivity contribution in [2.75, 3.05) is 7.11 Å². The first-order valence-electron chi connectivity index (χ1n) is 3.96. The number of ether oxygens (including phenoxy) is 2. The lowest BCUT2D eigenvalue weighted by Gasteiger charge is -2.09. The van der Waals surface area contributed by atoms with Gasteiger partial charge in [-0.05, 0) is 12.1 Å². The average Bonchev–Trinajstić information content (AvgIpc) is 2.23. The first-order valence-corrected chi connectivity index (χ1v) is 3.96. The topological polar surface area (TPSA) is 35.5 Å². The number of rotatable bonds is 3. The van der Waals surface area contributed by atoms with Gasteiger partial charge in [0.1, 0.15) is 0 Å². The Labute approximate surface area is 84.9 Å². The summed E-state index contributed by atoms with van der Waals surface area (Å²) in [4.78, 5) is 10.8. The number of hydrogen-bond donors (Lipinski definition) is 0. The van der Waals surface area contributed by atoms with Crippen molar-refractivity contribution >= 4 is 5.97 Å². The van der Waals surface area contributed by atoms with E-state index in [1.165, 1.54) is 0 Å². The standard InChI is InChI=1S/C10H8F2O3/c1-3-8(13)15-10-7(12)5-4-6(11)9(10)14-2/h3-5H,1H2,2H3. The highest BCUT2D eigenvalue weighted by Gasteiger charge is 2.17. The molecular formula is C10H8F2O3. The molecule has 0 aliphatic carbocycles. The first-order chi connectivity index (χ1) is 7.10.